The van der Waals surface area contributed by atoms with Gasteiger partial charge in [-0.15, -0.1) is 0 Å². The molecule has 0 aliphatic carbocycles. The van der Waals surface area contributed by atoms with Crippen LogP contribution >= 0.6 is 11.6 Å². The number of methoxy groups -OCH3 is 1. The average Bonchev–Trinajstić information content (AvgIpc) is 2.37. The van der Waals surface area contributed by atoms with E-state index in [-0.39, 0.29) is 0 Å². The maximum atomic E-state index is 12.9. The Kier molecular flexibility index (Phi) is 3.99. The summed E-state index contributed by atoms with van der Waals surface area (Å²) >= 11 is 6.10. The van der Waals surface area contributed by atoms with Gasteiger partial charge in [0, 0.05) is 35.1 Å². The molecule has 0 aliphatic heterocycles. The monoisotopic (exact) mass is 266 g/mol. The molecule has 0 saturated carbocycles. The Labute approximate surface area is 110 Å². The van der Waals surface area contributed by atoms with E-state index >= 15 is 0 Å². The zero-order valence-electron chi connectivity index (χ0n) is 9.78. The Balaban J connectivity index is 2.15. The summed E-state index contributed by atoms with van der Waals surface area (Å²) in [4.78, 5) is 3.49. The molecule has 3 nitrogen and oxygen atoms in total. The van der Waals surface area contributed by atoms with E-state index in [1.165, 1.54) is 12.3 Å². The quantitative estimate of drug-likeness (QED) is 0.860. The predicted molar refractivity (Wildman–Crippen MR) is 69.5 cm³/mol. The highest BCUT2D eigenvalue weighted by atomic mass is 35.5. The second-order valence-corrected chi connectivity index (χ2v) is 4.05. The molecular weight excluding hydrogens is 255 g/mol. The van der Waals surface area contributed by atoms with Gasteiger partial charge in [0.1, 0.15) is 5.75 Å². The number of halogens is 2. The van der Waals surface area contributed by atoms with Crippen LogP contribution in [0.1, 0.15) is 5.56 Å². The maximum absolute atomic E-state index is 12.9. The number of anilines is 1. The lowest BCUT2D eigenvalue weighted by atomic mass is 10.2. The molecule has 0 fully saturated rings. The molecule has 1 aromatic heterocycles. The van der Waals surface area contributed by atoms with Crippen LogP contribution in [-0.2, 0) is 6.54 Å². The molecule has 5 heteroatoms. The van der Waals surface area contributed by atoms with Gasteiger partial charge in [0.15, 0.2) is 0 Å². The zero-order chi connectivity index (χ0) is 13.0. The minimum absolute atomic E-state index is 0.451. The standard InChI is InChI=1S/C13H12ClFN2O/c1-18-12-4-2-3-11(14)10(12)8-17-9-5-6-16-13(15)7-9/h2-7H,8H2,1H3,(H,16,17). The highest BCUT2D eigenvalue weighted by Crippen LogP contribution is 2.26. The highest BCUT2D eigenvalue weighted by molar-refractivity contribution is 6.31. The van der Waals surface area contributed by atoms with Crippen molar-refractivity contribution in [3.05, 3.63) is 53.1 Å². The van der Waals surface area contributed by atoms with Crippen LogP contribution in [0.4, 0.5) is 10.1 Å². The molecule has 0 atom stereocenters. The number of nitrogens with zero attached hydrogens (tertiary/aromatic N) is 1. The number of ether oxygens (including phenoxy) is 1. The van der Waals surface area contributed by atoms with E-state index in [1.807, 2.05) is 12.1 Å². The molecule has 0 spiro atoms. The highest BCUT2D eigenvalue weighted by Gasteiger charge is 2.07. The van der Waals surface area contributed by atoms with Gasteiger partial charge in [0.05, 0.1) is 7.11 Å². The van der Waals surface area contributed by atoms with E-state index in [0.29, 0.717) is 23.0 Å². The third kappa shape index (κ3) is 2.90. The van der Waals surface area contributed by atoms with Crippen LogP contribution in [0.25, 0.3) is 0 Å². The fourth-order valence-electron chi connectivity index (χ4n) is 1.60. The molecule has 1 aromatic carbocycles. The van der Waals surface area contributed by atoms with Crippen LogP contribution in [0, 0.1) is 5.95 Å². The first-order chi connectivity index (χ1) is 8.70. The average molecular weight is 267 g/mol. The van der Waals surface area contributed by atoms with Gasteiger partial charge in [0.2, 0.25) is 5.95 Å². The fraction of sp³-hybridized carbons (Fsp3) is 0.154. The van der Waals surface area contributed by atoms with Crippen LogP contribution in [0.3, 0.4) is 0 Å². The van der Waals surface area contributed by atoms with Crippen LogP contribution in [0.15, 0.2) is 36.5 Å². The lowest BCUT2D eigenvalue weighted by Gasteiger charge is -2.12. The lowest BCUT2D eigenvalue weighted by Crippen LogP contribution is -2.03. The van der Waals surface area contributed by atoms with Gasteiger partial charge in [-0.25, -0.2) is 4.98 Å². The van der Waals surface area contributed by atoms with Crippen molar-refractivity contribution in [3.8, 4) is 5.75 Å². The van der Waals surface area contributed by atoms with E-state index in [0.717, 1.165) is 5.56 Å². The van der Waals surface area contributed by atoms with E-state index < -0.39 is 5.95 Å². The molecule has 1 N–H and O–H groups in total. The summed E-state index contributed by atoms with van der Waals surface area (Å²) in [7, 11) is 1.58. The summed E-state index contributed by atoms with van der Waals surface area (Å²) in [5.41, 5.74) is 1.48. The second-order valence-electron chi connectivity index (χ2n) is 3.64. The molecule has 0 aliphatic rings. The SMILES string of the molecule is COc1cccc(Cl)c1CNc1ccnc(F)c1. The van der Waals surface area contributed by atoms with Crippen molar-refractivity contribution in [2.45, 2.75) is 6.54 Å². The van der Waals surface area contributed by atoms with Crippen molar-refractivity contribution in [1.29, 1.82) is 0 Å². The van der Waals surface area contributed by atoms with E-state index in [9.17, 15) is 4.39 Å². The summed E-state index contributed by atoms with van der Waals surface area (Å²) in [6.45, 7) is 0.451. The molecule has 0 bridgehead atoms. The van der Waals surface area contributed by atoms with E-state index in [4.69, 9.17) is 16.3 Å². The van der Waals surface area contributed by atoms with Crippen molar-refractivity contribution < 1.29 is 9.13 Å². The minimum Gasteiger partial charge on any atom is -0.496 e. The number of benzene rings is 1. The molecule has 0 unspecified atom stereocenters. The first kappa shape index (κ1) is 12.6. The van der Waals surface area contributed by atoms with Gasteiger partial charge < -0.3 is 10.1 Å². The van der Waals surface area contributed by atoms with E-state index in [2.05, 4.69) is 10.3 Å². The molecule has 18 heavy (non-hydrogen) atoms. The molecular formula is C13H12ClFN2O. The van der Waals surface area contributed by atoms with Crippen molar-refractivity contribution in [2.24, 2.45) is 0 Å². The summed E-state index contributed by atoms with van der Waals surface area (Å²) in [5, 5.41) is 3.68. The Morgan fingerprint density at radius 1 is 1.39 bits per heavy atom. The van der Waals surface area contributed by atoms with Crippen molar-refractivity contribution in [2.75, 3.05) is 12.4 Å². The summed E-state index contributed by atoms with van der Waals surface area (Å²) in [5.74, 6) is 0.177. The Morgan fingerprint density at radius 2 is 2.22 bits per heavy atom. The van der Waals surface area contributed by atoms with Gasteiger partial charge in [-0.05, 0) is 18.2 Å². The first-order valence-corrected chi connectivity index (χ1v) is 5.75. The smallest absolute Gasteiger partial charge is 0.214 e. The van der Waals surface area contributed by atoms with Gasteiger partial charge >= 0.3 is 0 Å². The minimum atomic E-state index is -0.522. The molecule has 2 aromatic rings. The van der Waals surface area contributed by atoms with Crippen molar-refractivity contribution in [1.82, 2.24) is 4.98 Å². The molecule has 2 rings (SSSR count). The molecule has 0 saturated heterocycles. The third-order valence-corrected chi connectivity index (χ3v) is 2.85. The van der Waals surface area contributed by atoms with Gasteiger partial charge in [-0.1, -0.05) is 17.7 Å². The predicted octanol–water partition coefficient (Wildman–Crippen LogP) is 3.49. The van der Waals surface area contributed by atoms with Gasteiger partial charge in [-0.2, -0.15) is 4.39 Å². The zero-order valence-corrected chi connectivity index (χ0v) is 10.5. The third-order valence-electron chi connectivity index (χ3n) is 2.49. The Hall–Kier alpha value is -1.81. The van der Waals surface area contributed by atoms with Crippen LogP contribution < -0.4 is 10.1 Å². The van der Waals surface area contributed by atoms with E-state index in [1.54, 1.807) is 19.2 Å². The molecule has 0 radical (unpaired) electrons. The molecule has 1 heterocycles. The van der Waals surface area contributed by atoms with Crippen LogP contribution in [0.2, 0.25) is 5.02 Å². The second kappa shape index (κ2) is 5.69. The fourth-order valence-corrected chi connectivity index (χ4v) is 1.84. The van der Waals surface area contributed by atoms with Crippen LogP contribution in [-0.4, -0.2) is 12.1 Å². The molecule has 0 amide bonds. The number of pyridine rings is 1. The molecule has 94 valence electrons. The summed E-state index contributed by atoms with van der Waals surface area (Å²) in [6, 6.07) is 8.44. The Morgan fingerprint density at radius 3 is 2.94 bits per heavy atom. The van der Waals surface area contributed by atoms with Gasteiger partial charge in [0.25, 0.3) is 0 Å². The van der Waals surface area contributed by atoms with Gasteiger partial charge in [-0.3, -0.25) is 0 Å². The van der Waals surface area contributed by atoms with Crippen LogP contribution in [0.5, 0.6) is 5.75 Å². The maximum Gasteiger partial charge on any atom is 0.214 e. The Bertz CT molecular complexity index is 548. The first-order valence-electron chi connectivity index (χ1n) is 5.37. The topological polar surface area (TPSA) is 34.1 Å². The summed E-state index contributed by atoms with van der Waals surface area (Å²) < 4.78 is 18.1. The normalized spacial score (nSPS) is 10.2. The number of rotatable bonds is 4. The van der Waals surface area contributed by atoms with Crippen molar-refractivity contribution >= 4 is 17.3 Å². The number of nitrogens with one attached hydrogen (secondary N) is 1. The number of hydrogen-bond donors (Lipinski definition) is 1. The largest absolute Gasteiger partial charge is 0.496 e. The lowest BCUT2D eigenvalue weighted by molar-refractivity contribution is 0.410. The number of aromatic nitrogens is 1. The summed E-state index contributed by atoms with van der Waals surface area (Å²) in [6.07, 6.45) is 1.40. The number of hydrogen-bond acceptors (Lipinski definition) is 3. The van der Waals surface area contributed by atoms with Crippen molar-refractivity contribution in [3.63, 3.8) is 0 Å².